The molecular weight excluding hydrogens is 260 g/mol. The molecule has 0 spiro atoms. The van der Waals surface area contributed by atoms with Crippen molar-refractivity contribution in [3.05, 3.63) is 23.7 Å². The Morgan fingerprint density at radius 3 is 2.35 bits per heavy atom. The summed E-state index contributed by atoms with van der Waals surface area (Å²) in [6.45, 7) is 5.22. The van der Waals surface area contributed by atoms with Crippen LogP contribution in [0.15, 0.2) is 16.5 Å². The molecule has 20 heavy (non-hydrogen) atoms. The van der Waals surface area contributed by atoms with Gasteiger partial charge in [-0.05, 0) is 19.1 Å². The molecule has 0 bridgehead atoms. The molecule has 1 aromatic rings. The van der Waals surface area contributed by atoms with Gasteiger partial charge in [-0.1, -0.05) is 6.92 Å². The van der Waals surface area contributed by atoms with E-state index < -0.39 is 6.10 Å². The molecule has 1 atom stereocenters. The van der Waals surface area contributed by atoms with Gasteiger partial charge in [-0.2, -0.15) is 0 Å². The molecule has 1 N–H and O–H groups in total. The Labute approximate surface area is 118 Å². The Bertz CT molecular complexity index is 487. The summed E-state index contributed by atoms with van der Waals surface area (Å²) in [7, 11) is 0. The van der Waals surface area contributed by atoms with Gasteiger partial charge in [0.1, 0.15) is 11.9 Å². The fraction of sp³-hybridized carbons (Fsp3) is 0.571. The number of furan rings is 1. The van der Waals surface area contributed by atoms with E-state index in [0.717, 1.165) is 12.2 Å². The molecule has 6 heteroatoms. The van der Waals surface area contributed by atoms with E-state index in [1.165, 1.54) is 6.92 Å². The summed E-state index contributed by atoms with van der Waals surface area (Å²) in [6.07, 6.45) is -0.237. The van der Waals surface area contributed by atoms with Gasteiger partial charge < -0.3 is 19.3 Å². The lowest BCUT2D eigenvalue weighted by Crippen LogP contribution is -2.52. The Morgan fingerprint density at radius 2 is 1.85 bits per heavy atom. The first-order valence-corrected chi connectivity index (χ1v) is 6.87. The number of hydrogen-bond donors (Lipinski definition) is 1. The van der Waals surface area contributed by atoms with E-state index in [9.17, 15) is 14.7 Å². The van der Waals surface area contributed by atoms with Crippen molar-refractivity contribution in [2.45, 2.75) is 26.4 Å². The van der Waals surface area contributed by atoms with Crippen LogP contribution in [0.1, 0.15) is 30.2 Å². The molecule has 2 amide bonds. The zero-order valence-electron chi connectivity index (χ0n) is 11.8. The fourth-order valence-electron chi connectivity index (χ4n) is 2.23. The largest absolute Gasteiger partial charge is 0.456 e. The summed E-state index contributed by atoms with van der Waals surface area (Å²) in [6, 6.07) is 3.49. The number of amides is 2. The van der Waals surface area contributed by atoms with Crippen molar-refractivity contribution in [1.29, 1.82) is 0 Å². The zero-order chi connectivity index (χ0) is 14.7. The SMILES string of the molecule is CCc1ccc(C(=O)N2CCN(C(=O)C(C)O)CC2)o1. The third-order valence-corrected chi connectivity index (χ3v) is 3.46. The van der Waals surface area contributed by atoms with Crippen LogP contribution in [-0.4, -0.2) is 59.0 Å². The van der Waals surface area contributed by atoms with E-state index in [-0.39, 0.29) is 11.8 Å². The molecule has 6 nitrogen and oxygen atoms in total. The number of carbonyl (C=O) groups excluding carboxylic acids is 2. The second kappa shape index (κ2) is 6.09. The maximum atomic E-state index is 12.2. The lowest BCUT2D eigenvalue weighted by Gasteiger charge is -2.34. The van der Waals surface area contributed by atoms with Crippen LogP contribution in [0.25, 0.3) is 0 Å². The summed E-state index contributed by atoms with van der Waals surface area (Å²) in [4.78, 5) is 27.1. The standard InChI is InChI=1S/C14H20N2O4/c1-3-11-4-5-12(20-11)14(19)16-8-6-15(7-9-16)13(18)10(2)17/h4-5,10,17H,3,6-9H2,1-2H3. The molecule has 1 aliphatic rings. The Kier molecular flexibility index (Phi) is 4.44. The normalized spacial score (nSPS) is 17.1. The van der Waals surface area contributed by atoms with Crippen LogP contribution in [0.3, 0.4) is 0 Å². The highest BCUT2D eigenvalue weighted by atomic mass is 16.4. The number of hydrogen-bond acceptors (Lipinski definition) is 4. The molecule has 2 rings (SSSR count). The van der Waals surface area contributed by atoms with Crippen molar-refractivity contribution in [2.75, 3.05) is 26.2 Å². The topological polar surface area (TPSA) is 74.0 Å². The number of aliphatic hydroxyl groups is 1. The zero-order valence-corrected chi connectivity index (χ0v) is 11.8. The number of carbonyl (C=O) groups is 2. The van der Waals surface area contributed by atoms with Crippen LogP contribution < -0.4 is 0 Å². The maximum Gasteiger partial charge on any atom is 0.289 e. The van der Waals surface area contributed by atoms with Gasteiger partial charge in [0.2, 0.25) is 0 Å². The van der Waals surface area contributed by atoms with E-state index in [4.69, 9.17) is 4.42 Å². The highest BCUT2D eigenvalue weighted by Crippen LogP contribution is 2.13. The van der Waals surface area contributed by atoms with Crippen LogP contribution in [0.2, 0.25) is 0 Å². The van der Waals surface area contributed by atoms with Gasteiger partial charge in [-0.15, -0.1) is 0 Å². The monoisotopic (exact) mass is 280 g/mol. The third-order valence-electron chi connectivity index (χ3n) is 3.46. The van der Waals surface area contributed by atoms with Crippen molar-refractivity contribution >= 4 is 11.8 Å². The molecule has 1 fully saturated rings. The highest BCUT2D eigenvalue weighted by molar-refractivity contribution is 5.91. The van der Waals surface area contributed by atoms with Crippen molar-refractivity contribution in [3.63, 3.8) is 0 Å². The minimum atomic E-state index is -0.991. The number of piperazine rings is 1. The predicted molar refractivity (Wildman–Crippen MR) is 72.3 cm³/mol. The molecule has 1 unspecified atom stereocenters. The summed E-state index contributed by atoms with van der Waals surface area (Å²) < 4.78 is 5.45. The van der Waals surface area contributed by atoms with Crippen molar-refractivity contribution in [1.82, 2.24) is 9.80 Å². The maximum absolute atomic E-state index is 12.2. The summed E-state index contributed by atoms with van der Waals surface area (Å²) in [5, 5.41) is 9.27. The quantitative estimate of drug-likeness (QED) is 0.875. The third kappa shape index (κ3) is 3.01. The molecule has 1 aliphatic heterocycles. The van der Waals surface area contributed by atoms with Crippen LogP contribution in [0.5, 0.6) is 0 Å². The molecule has 0 saturated carbocycles. The van der Waals surface area contributed by atoms with Crippen LogP contribution in [0.4, 0.5) is 0 Å². The van der Waals surface area contributed by atoms with E-state index in [1.807, 2.05) is 6.92 Å². The van der Waals surface area contributed by atoms with Gasteiger partial charge in [0.25, 0.3) is 11.8 Å². The van der Waals surface area contributed by atoms with E-state index in [0.29, 0.717) is 31.9 Å². The molecule has 0 radical (unpaired) electrons. The van der Waals surface area contributed by atoms with Crippen LogP contribution >= 0.6 is 0 Å². The summed E-state index contributed by atoms with van der Waals surface area (Å²) in [5.74, 6) is 0.700. The molecular formula is C14H20N2O4. The Morgan fingerprint density at radius 1 is 1.25 bits per heavy atom. The fourth-order valence-corrected chi connectivity index (χ4v) is 2.23. The summed E-state index contributed by atoms with van der Waals surface area (Å²) >= 11 is 0. The van der Waals surface area contributed by atoms with Gasteiger partial charge in [-0.3, -0.25) is 9.59 Å². The number of nitrogens with zero attached hydrogens (tertiary/aromatic N) is 2. The van der Waals surface area contributed by atoms with Crippen molar-refractivity contribution < 1.29 is 19.1 Å². The Hall–Kier alpha value is -1.82. The van der Waals surface area contributed by atoms with E-state index in [2.05, 4.69) is 0 Å². The lowest BCUT2D eigenvalue weighted by molar-refractivity contribution is -0.140. The first-order chi connectivity index (χ1) is 9.52. The van der Waals surface area contributed by atoms with Gasteiger partial charge in [0.15, 0.2) is 5.76 Å². The van der Waals surface area contributed by atoms with E-state index in [1.54, 1.807) is 21.9 Å². The molecule has 1 aromatic heterocycles. The predicted octanol–water partition coefficient (Wildman–Crippen LogP) is 0.507. The van der Waals surface area contributed by atoms with Gasteiger partial charge >= 0.3 is 0 Å². The average Bonchev–Trinajstić information content (AvgIpc) is 2.94. The minimum absolute atomic E-state index is 0.145. The van der Waals surface area contributed by atoms with Crippen molar-refractivity contribution in [3.8, 4) is 0 Å². The van der Waals surface area contributed by atoms with Gasteiger partial charge in [-0.25, -0.2) is 0 Å². The first kappa shape index (κ1) is 14.6. The van der Waals surface area contributed by atoms with Crippen molar-refractivity contribution in [2.24, 2.45) is 0 Å². The summed E-state index contributed by atoms with van der Waals surface area (Å²) in [5.41, 5.74) is 0. The second-order valence-corrected chi connectivity index (χ2v) is 4.91. The van der Waals surface area contributed by atoms with Crippen LogP contribution in [0, 0.1) is 0 Å². The number of rotatable bonds is 3. The van der Waals surface area contributed by atoms with Crippen LogP contribution in [-0.2, 0) is 11.2 Å². The lowest BCUT2D eigenvalue weighted by atomic mass is 10.2. The molecule has 0 aliphatic carbocycles. The second-order valence-electron chi connectivity index (χ2n) is 4.91. The first-order valence-electron chi connectivity index (χ1n) is 6.87. The van der Waals surface area contributed by atoms with E-state index >= 15 is 0 Å². The average molecular weight is 280 g/mol. The molecule has 2 heterocycles. The minimum Gasteiger partial charge on any atom is -0.456 e. The molecule has 1 saturated heterocycles. The number of aliphatic hydroxyl groups excluding tert-OH is 1. The Balaban J connectivity index is 1.93. The number of aryl methyl sites for hydroxylation is 1. The van der Waals surface area contributed by atoms with Gasteiger partial charge in [0, 0.05) is 32.6 Å². The smallest absolute Gasteiger partial charge is 0.289 e. The highest BCUT2D eigenvalue weighted by Gasteiger charge is 2.27. The van der Waals surface area contributed by atoms with Gasteiger partial charge in [0.05, 0.1) is 0 Å². The molecule has 110 valence electrons. The molecule has 0 aromatic carbocycles.